The smallest absolute Gasteiger partial charge is 0.231 e. The van der Waals surface area contributed by atoms with Crippen molar-refractivity contribution < 1.29 is 14.2 Å². The molecule has 10 heteroatoms. The number of halogens is 3. The molecule has 2 aromatic heterocycles. The van der Waals surface area contributed by atoms with Crippen molar-refractivity contribution >= 4 is 73.7 Å². The first-order valence-corrected chi connectivity index (χ1v) is 17.0. The Morgan fingerprint density at radius 2 is 1.54 bits per heavy atom. The van der Waals surface area contributed by atoms with E-state index in [1.54, 1.807) is 7.11 Å². The Bertz CT molecular complexity index is 2240. The number of nitrogen functional groups attached to an aromatic ring is 1. The van der Waals surface area contributed by atoms with Crippen LogP contribution in [-0.2, 0) is 19.3 Å². The number of hydrogen-bond acceptors (Lipinski definition) is 7. The quantitative estimate of drug-likeness (QED) is 0.189. The average molecular weight is 698 g/mol. The maximum absolute atomic E-state index is 6.53. The molecular formula is C38H31Cl3N4O3. The first-order valence-electron chi connectivity index (χ1n) is 15.8. The Morgan fingerprint density at radius 3 is 2.33 bits per heavy atom. The van der Waals surface area contributed by atoms with E-state index in [0.717, 1.165) is 93.7 Å². The summed E-state index contributed by atoms with van der Waals surface area (Å²) in [6, 6.07) is 23.3. The Kier molecular flexibility index (Phi) is 8.07. The lowest BCUT2D eigenvalue weighted by molar-refractivity contribution is 0.174. The number of hydrogen-bond donors (Lipinski definition) is 2. The summed E-state index contributed by atoms with van der Waals surface area (Å²) in [5.41, 5.74) is 17.0. The number of fused-ring (bicyclic) bond motifs is 5. The molecule has 0 saturated heterocycles. The molecule has 48 heavy (non-hydrogen) atoms. The van der Waals surface area contributed by atoms with Gasteiger partial charge >= 0.3 is 0 Å². The van der Waals surface area contributed by atoms with E-state index in [1.807, 2.05) is 60.7 Å². The number of anilines is 3. The highest BCUT2D eigenvalue weighted by atomic mass is 35.5. The number of aromatic nitrogens is 2. The number of methoxy groups -OCH3 is 1. The summed E-state index contributed by atoms with van der Waals surface area (Å²) < 4.78 is 16.1. The standard InChI is InChI=1S/C19H16Cl2N2O.C19H15ClN2O2/c1-24-18-8-6-12(10-15(18)21)22-19-13-3-2-4-16(13)23-17-7-5-11(20)9-14(17)19;20-11-2-4-14-13(8-11)19(21)18-12(3-5-15(18)22-14)10-1-6-16-17(7-10)24-9-23-16/h5-10H,2-4H2,1H3,(H,22,23);1-2,4,6-8,12H,3,5,9H2,(H2,21,22). The fourth-order valence-corrected chi connectivity index (χ4v) is 7.66. The van der Waals surface area contributed by atoms with Gasteiger partial charge in [0.05, 0.1) is 28.9 Å². The third-order valence-corrected chi connectivity index (χ3v) is 10.1. The molecule has 3 heterocycles. The molecule has 2 aliphatic carbocycles. The predicted molar refractivity (Wildman–Crippen MR) is 194 cm³/mol. The second kappa shape index (κ2) is 12.5. The van der Waals surface area contributed by atoms with Crippen molar-refractivity contribution in [1.82, 2.24) is 9.97 Å². The van der Waals surface area contributed by atoms with E-state index >= 15 is 0 Å². The molecule has 1 aliphatic heterocycles. The monoisotopic (exact) mass is 696 g/mol. The van der Waals surface area contributed by atoms with E-state index in [9.17, 15) is 0 Å². The van der Waals surface area contributed by atoms with Gasteiger partial charge in [-0.25, -0.2) is 0 Å². The van der Waals surface area contributed by atoms with Crippen LogP contribution < -0.4 is 25.3 Å². The van der Waals surface area contributed by atoms with E-state index in [4.69, 9.17) is 64.7 Å². The summed E-state index contributed by atoms with van der Waals surface area (Å²) in [5.74, 6) is 2.49. The summed E-state index contributed by atoms with van der Waals surface area (Å²) >= 11 is 18.6. The molecule has 3 aliphatic rings. The molecule has 0 amide bonds. The molecule has 7 nitrogen and oxygen atoms in total. The van der Waals surface area contributed by atoms with Crippen LogP contribution >= 0.6 is 34.8 Å². The third kappa shape index (κ3) is 5.60. The fraction of sp³-hybridized carbons (Fsp3) is 0.211. The lowest BCUT2D eigenvalue weighted by Gasteiger charge is -2.16. The molecule has 0 saturated carbocycles. The summed E-state index contributed by atoms with van der Waals surface area (Å²) in [7, 11) is 1.61. The normalized spacial score (nSPS) is 15.6. The van der Waals surface area contributed by atoms with Crippen molar-refractivity contribution in [2.75, 3.05) is 25.0 Å². The minimum Gasteiger partial charge on any atom is -0.495 e. The molecule has 0 spiro atoms. The molecule has 0 bridgehead atoms. The van der Waals surface area contributed by atoms with E-state index in [0.29, 0.717) is 20.8 Å². The molecule has 1 atom stereocenters. The van der Waals surface area contributed by atoms with Crippen LogP contribution in [-0.4, -0.2) is 23.9 Å². The lowest BCUT2D eigenvalue weighted by Crippen LogP contribution is -2.03. The van der Waals surface area contributed by atoms with Crippen LogP contribution in [0.15, 0.2) is 72.8 Å². The van der Waals surface area contributed by atoms with Gasteiger partial charge in [-0.15, -0.1) is 0 Å². The Labute approximate surface area is 292 Å². The number of rotatable bonds is 4. The van der Waals surface area contributed by atoms with Crippen molar-refractivity contribution in [3.05, 3.63) is 116 Å². The highest BCUT2D eigenvalue weighted by Crippen LogP contribution is 2.46. The number of benzene rings is 4. The predicted octanol–water partition coefficient (Wildman–Crippen LogP) is 10.1. The average Bonchev–Trinajstić information content (AvgIpc) is 3.85. The first-order chi connectivity index (χ1) is 23.4. The van der Waals surface area contributed by atoms with Crippen LogP contribution in [0.5, 0.6) is 17.2 Å². The second-order valence-corrected chi connectivity index (χ2v) is 13.4. The van der Waals surface area contributed by atoms with Crippen LogP contribution in [0, 0.1) is 0 Å². The van der Waals surface area contributed by atoms with Gasteiger partial charge < -0.3 is 25.3 Å². The minimum atomic E-state index is 0.227. The van der Waals surface area contributed by atoms with Crippen molar-refractivity contribution in [3.8, 4) is 17.2 Å². The number of ether oxygens (including phenoxy) is 3. The molecule has 0 radical (unpaired) electrons. The van der Waals surface area contributed by atoms with Crippen LogP contribution in [0.2, 0.25) is 15.1 Å². The van der Waals surface area contributed by atoms with E-state index in [2.05, 4.69) is 17.4 Å². The zero-order valence-corrected chi connectivity index (χ0v) is 28.3. The van der Waals surface area contributed by atoms with Gasteiger partial charge in [-0.3, -0.25) is 9.97 Å². The summed E-state index contributed by atoms with van der Waals surface area (Å²) in [5, 5.41) is 7.45. The van der Waals surface area contributed by atoms with E-state index < -0.39 is 0 Å². The molecule has 242 valence electrons. The fourth-order valence-electron chi connectivity index (χ4n) is 7.06. The number of nitrogens with one attached hydrogen (secondary N) is 1. The van der Waals surface area contributed by atoms with Crippen LogP contribution in [0.1, 0.15) is 46.8 Å². The van der Waals surface area contributed by atoms with Crippen molar-refractivity contribution in [2.45, 2.75) is 38.0 Å². The van der Waals surface area contributed by atoms with Gasteiger partial charge in [0.15, 0.2) is 11.5 Å². The van der Waals surface area contributed by atoms with Crippen LogP contribution in [0.4, 0.5) is 17.1 Å². The van der Waals surface area contributed by atoms with Crippen molar-refractivity contribution in [1.29, 1.82) is 0 Å². The van der Waals surface area contributed by atoms with Gasteiger partial charge in [-0.2, -0.15) is 0 Å². The van der Waals surface area contributed by atoms with Gasteiger partial charge in [0, 0.05) is 55.1 Å². The van der Waals surface area contributed by atoms with Crippen molar-refractivity contribution in [3.63, 3.8) is 0 Å². The maximum atomic E-state index is 6.53. The van der Waals surface area contributed by atoms with Crippen molar-refractivity contribution in [2.24, 2.45) is 0 Å². The molecule has 1 unspecified atom stereocenters. The number of nitrogens with two attached hydrogens (primary N) is 1. The van der Waals surface area contributed by atoms with E-state index in [-0.39, 0.29) is 12.7 Å². The SMILES string of the molecule is COc1ccc(Nc2c3c(nc4ccc(Cl)cc24)CCC3)cc1Cl.Nc1c2c(nc3ccc(Cl)cc13)CCC2c1ccc2c(c1)OCO2. The highest BCUT2D eigenvalue weighted by Gasteiger charge is 2.30. The summed E-state index contributed by atoms with van der Waals surface area (Å²) in [4.78, 5) is 9.61. The molecule has 9 rings (SSSR count). The van der Waals surface area contributed by atoms with Gasteiger partial charge in [-0.05, 0) is 110 Å². The van der Waals surface area contributed by atoms with Crippen LogP contribution in [0.3, 0.4) is 0 Å². The zero-order chi connectivity index (χ0) is 32.9. The molecule has 6 aromatic rings. The lowest BCUT2D eigenvalue weighted by atomic mass is 9.91. The summed E-state index contributed by atoms with van der Waals surface area (Å²) in [6.07, 6.45) is 5.10. The number of nitrogens with zero attached hydrogens (tertiary/aromatic N) is 2. The molecular weight excluding hydrogens is 667 g/mol. The summed E-state index contributed by atoms with van der Waals surface area (Å²) in [6.45, 7) is 0.285. The Balaban J connectivity index is 0.000000140. The number of pyridine rings is 2. The molecule has 3 N–H and O–H groups in total. The molecule has 4 aromatic carbocycles. The second-order valence-electron chi connectivity index (χ2n) is 12.2. The maximum Gasteiger partial charge on any atom is 0.231 e. The number of aryl methyl sites for hydroxylation is 2. The van der Waals surface area contributed by atoms with Gasteiger partial charge in [0.25, 0.3) is 0 Å². The van der Waals surface area contributed by atoms with Gasteiger partial charge in [-0.1, -0.05) is 40.9 Å². The molecule has 0 fully saturated rings. The zero-order valence-electron chi connectivity index (χ0n) is 26.1. The first kappa shape index (κ1) is 30.9. The van der Waals surface area contributed by atoms with Gasteiger partial charge in [0.2, 0.25) is 6.79 Å². The Hall–Kier alpha value is -4.43. The largest absolute Gasteiger partial charge is 0.495 e. The van der Waals surface area contributed by atoms with Crippen LogP contribution in [0.25, 0.3) is 21.8 Å². The highest BCUT2D eigenvalue weighted by molar-refractivity contribution is 6.32. The third-order valence-electron chi connectivity index (χ3n) is 9.32. The van der Waals surface area contributed by atoms with E-state index in [1.165, 1.54) is 16.8 Å². The van der Waals surface area contributed by atoms with Gasteiger partial charge in [0.1, 0.15) is 5.75 Å². The Morgan fingerprint density at radius 1 is 0.792 bits per heavy atom. The minimum absolute atomic E-state index is 0.227. The topological polar surface area (TPSA) is 91.5 Å².